The third-order valence-corrected chi connectivity index (χ3v) is 7.59. The standard InChI is InChI=1S/C26H30N2O3/c1-30-19-10-11-23-18(13-19)5-4-12-28(23)26(29)21-15-27(14-17-8-9-17)25-20-6-2-3-7-24(20)31-16-22(21)25/h2-3,6-7,10-11,13,17,21-22,25H,4-5,8-9,12,14-16H2,1H3/t21-,22+,25+/m1/s1. The van der Waals surface area contributed by atoms with Crippen LogP contribution in [0.3, 0.4) is 0 Å². The van der Waals surface area contributed by atoms with Gasteiger partial charge in [-0.05, 0) is 61.4 Å². The lowest BCUT2D eigenvalue weighted by atomic mass is 9.84. The fourth-order valence-corrected chi connectivity index (χ4v) is 5.88. The van der Waals surface area contributed by atoms with Gasteiger partial charge in [0.25, 0.3) is 0 Å². The van der Waals surface area contributed by atoms with Gasteiger partial charge < -0.3 is 14.4 Å². The largest absolute Gasteiger partial charge is 0.497 e. The Bertz CT molecular complexity index is 1000. The number of methoxy groups -OCH3 is 1. The number of carbonyl (C=O) groups is 1. The Morgan fingerprint density at radius 1 is 1.19 bits per heavy atom. The molecule has 5 heteroatoms. The first-order chi connectivity index (χ1) is 15.2. The Hall–Kier alpha value is -2.53. The van der Waals surface area contributed by atoms with E-state index in [4.69, 9.17) is 9.47 Å². The molecule has 1 saturated heterocycles. The number of hydrogen-bond donors (Lipinski definition) is 0. The zero-order valence-electron chi connectivity index (χ0n) is 18.1. The number of carbonyl (C=O) groups excluding carboxylic acids is 1. The first-order valence-corrected chi connectivity index (χ1v) is 11.7. The molecule has 0 aromatic heterocycles. The van der Waals surface area contributed by atoms with Gasteiger partial charge in [-0.1, -0.05) is 18.2 Å². The Balaban J connectivity index is 1.32. The summed E-state index contributed by atoms with van der Waals surface area (Å²) in [4.78, 5) is 18.6. The number of benzene rings is 2. The summed E-state index contributed by atoms with van der Waals surface area (Å²) in [6.45, 7) is 3.37. The van der Waals surface area contributed by atoms with Gasteiger partial charge in [0.05, 0.1) is 19.6 Å². The summed E-state index contributed by atoms with van der Waals surface area (Å²) in [6.07, 6.45) is 4.65. The van der Waals surface area contributed by atoms with E-state index in [9.17, 15) is 4.79 Å². The molecule has 2 aromatic rings. The van der Waals surface area contributed by atoms with E-state index in [0.29, 0.717) is 12.6 Å². The van der Waals surface area contributed by atoms with E-state index in [1.54, 1.807) is 7.11 Å². The van der Waals surface area contributed by atoms with Crippen LogP contribution in [0, 0.1) is 17.8 Å². The molecule has 0 spiro atoms. The quantitative estimate of drug-likeness (QED) is 0.751. The summed E-state index contributed by atoms with van der Waals surface area (Å²) in [5.41, 5.74) is 3.54. The number of aryl methyl sites for hydroxylation is 1. The molecule has 0 bridgehead atoms. The molecule has 31 heavy (non-hydrogen) atoms. The third-order valence-electron chi connectivity index (χ3n) is 7.59. The van der Waals surface area contributed by atoms with Crippen molar-refractivity contribution in [2.45, 2.75) is 31.7 Å². The molecule has 3 aliphatic heterocycles. The molecule has 3 heterocycles. The van der Waals surface area contributed by atoms with Crippen molar-refractivity contribution in [3.63, 3.8) is 0 Å². The highest BCUT2D eigenvalue weighted by Gasteiger charge is 2.51. The van der Waals surface area contributed by atoms with Crippen LogP contribution in [-0.2, 0) is 11.2 Å². The molecule has 0 radical (unpaired) electrons. The molecule has 3 atom stereocenters. The van der Waals surface area contributed by atoms with Crippen molar-refractivity contribution < 1.29 is 14.3 Å². The molecule has 4 aliphatic rings. The number of fused-ring (bicyclic) bond motifs is 4. The molecule has 6 rings (SSSR count). The van der Waals surface area contributed by atoms with Crippen LogP contribution in [0.5, 0.6) is 11.5 Å². The van der Waals surface area contributed by atoms with E-state index in [-0.39, 0.29) is 17.7 Å². The van der Waals surface area contributed by atoms with Crippen molar-refractivity contribution in [2.75, 3.05) is 38.3 Å². The third kappa shape index (κ3) is 3.30. The van der Waals surface area contributed by atoms with Crippen LogP contribution < -0.4 is 14.4 Å². The van der Waals surface area contributed by atoms with Gasteiger partial charge in [0.2, 0.25) is 5.91 Å². The van der Waals surface area contributed by atoms with E-state index in [0.717, 1.165) is 55.6 Å². The number of ether oxygens (including phenoxy) is 2. The van der Waals surface area contributed by atoms with Crippen LogP contribution in [0.25, 0.3) is 0 Å². The smallest absolute Gasteiger partial charge is 0.231 e. The number of rotatable bonds is 4. The second-order valence-electron chi connectivity index (χ2n) is 9.55. The molecule has 0 N–H and O–H groups in total. The molecule has 1 saturated carbocycles. The van der Waals surface area contributed by atoms with Crippen molar-refractivity contribution in [3.8, 4) is 11.5 Å². The predicted octanol–water partition coefficient (Wildman–Crippen LogP) is 4.07. The van der Waals surface area contributed by atoms with E-state index >= 15 is 0 Å². The predicted molar refractivity (Wildman–Crippen MR) is 120 cm³/mol. The van der Waals surface area contributed by atoms with Crippen LogP contribution >= 0.6 is 0 Å². The molecule has 162 valence electrons. The monoisotopic (exact) mass is 418 g/mol. The lowest BCUT2D eigenvalue weighted by molar-refractivity contribution is -0.123. The van der Waals surface area contributed by atoms with Crippen LogP contribution in [0.15, 0.2) is 42.5 Å². The second-order valence-corrected chi connectivity index (χ2v) is 9.55. The number of amides is 1. The summed E-state index contributed by atoms with van der Waals surface area (Å²) in [5, 5.41) is 0. The highest BCUT2D eigenvalue weighted by molar-refractivity contribution is 5.97. The zero-order chi connectivity index (χ0) is 20.9. The zero-order valence-corrected chi connectivity index (χ0v) is 18.1. The number of para-hydroxylation sites is 1. The average Bonchev–Trinajstić information content (AvgIpc) is 3.56. The van der Waals surface area contributed by atoms with Gasteiger partial charge in [-0.15, -0.1) is 0 Å². The minimum Gasteiger partial charge on any atom is -0.497 e. The maximum absolute atomic E-state index is 13.9. The fourth-order valence-electron chi connectivity index (χ4n) is 5.88. The van der Waals surface area contributed by atoms with Gasteiger partial charge in [-0.3, -0.25) is 9.69 Å². The fraction of sp³-hybridized carbons (Fsp3) is 0.500. The van der Waals surface area contributed by atoms with Gasteiger partial charge in [0, 0.05) is 42.8 Å². The van der Waals surface area contributed by atoms with Crippen LogP contribution in [0.1, 0.15) is 36.4 Å². The summed E-state index contributed by atoms with van der Waals surface area (Å²) in [7, 11) is 1.70. The Morgan fingerprint density at radius 3 is 2.90 bits per heavy atom. The first-order valence-electron chi connectivity index (χ1n) is 11.7. The van der Waals surface area contributed by atoms with Crippen molar-refractivity contribution >= 4 is 11.6 Å². The lowest BCUT2D eigenvalue weighted by Crippen LogP contribution is -2.43. The highest BCUT2D eigenvalue weighted by Crippen LogP contribution is 2.49. The van der Waals surface area contributed by atoms with Gasteiger partial charge in [-0.2, -0.15) is 0 Å². The molecule has 2 aromatic carbocycles. The number of hydrogen-bond acceptors (Lipinski definition) is 4. The van der Waals surface area contributed by atoms with Gasteiger partial charge >= 0.3 is 0 Å². The molecule has 0 unspecified atom stereocenters. The summed E-state index contributed by atoms with van der Waals surface area (Å²) < 4.78 is 11.6. The van der Waals surface area contributed by atoms with E-state index < -0.39 is 0 Å². The minimum atomic E-state index is -0.0230. The van der Waals surface area contributed by atoms with Gasteiger partial charge in [0.15, 0.2) is 0 Å². The van der Waals surface area contributed by atoms with Crippen molar-refractivity contribution in [2.24, 2.45) is 17.8 Å². The summed E-state index contributed by atoms with van der Waals surface area (Å²) in [5.74, 6) is 3.11. The lowest BCUT2D eigenvalue weighted by Gasteiger charge is -2.36. The first kappa shape index (κ1) is 19.2. The summed E-state index contributed by atoms with van der Waals surface area (Å²) >= 11 is 0. The molecule has 1 amide bonds. The van der Waals surface area contributed by atoms with Crippen molar-refractivity contribution in [1.29, 1.82) is 0 Å². The van der Waals surface area contributed by atoms with Crippen LogP contribution in [-0.4, -0.2) is 44.2 Å². The van der Waals surface area contributed by atoms with E-state index in [1.165, 1.54) is 24.0 Å². The number of nitrogens with zero attached hydrogens (tertiary/aromatic N) is 2. The van der Waals surface area contributed by atoms with Crippen molar-refractivity contribution in [1.82, 2.24) is 4.90 Å². The topological polar surface area (TPSA) is 42.0 Å². The molecular weight excluding hydrogens is 388 g/mol. The Labute approximate surface area is 183 Å². The number of likely N-dealkylation sites (tertiary alicyclic amines) is 1. The van der Waals surface area contributed by atoms with Gasteiger partial charge in [0.1, 0.15) is 11.5 Å². The van der Waals surface area contributed by atoms with Crippen LogP contribution in [0.2, 0.25) is 0 Å². The average molecular weight is 419 g/mol. The molecule has 1 aliphatic carbocycles. The molecular formula is C26H30N2O3. The normalized spacial score (nSPS) is 27.1. The highest BCUT2D eigenvalue weighted by atomic mass is 16.5. The molecule has 2 fully saturated rings. The minimum absolute atomic E-state index is 0.0230. The molecule has 5 nitrogen and oxygen atoms in total. The maximum atomic E-state index is 13.9. The second kappa shape index (κ2) is 7.56. The van der Waals surface area contributed by atoms with Crippen molar-refractivity contribution in [3.05, 3.63) is 53.6 Å². The van der Waals surface area contributed by atoms with E-state index in [2.05, 4.69) is 35.2 Å². The number of anilines is 1. The van der Waals surface area contributed by atoms with E-state index in [1.807, 2.05) is 17.0 Å². The Morgan fingerprint density at radius 2 is 2.06 bits per heavy atom. The summed E-state index contributed by atoms with van der Waals surface area (Å²) in [6, 6.07) is 14.8. The maximum Gasteiger partial charge on any atom is 0.231 e. The van der Waals surface area contributed by atoms with Crippen LogP contribution in [0.4, 0.5) is 5.69 Å². The van der Waals surface area contributed by atoms with Gasteiger partial charge in [-0.25, -0.2) is 0 Å². The Kier molecular flexibility index (Phi) is 4.67. The SMILES string of the molecule is COc1ccc2c(c1)CCCN2C(=O)[C@@H]1CN(CC2CC2)[C@H]2c3ccccc3OC[C@@H]12.